The third-order valence-electron chi connectivity index (χ3n) is 3.57. The van der Waals surface area contributed by atoms with Gasteiger partial charge in [-0.05, 0) is 19.9 Å². The van der Waals surface area contributed by atoms with Crippen molar-refractivity contribution in [3.8, 4) is 11.5 Å². The summed E-state index contributed by atoms with van der Waals surface area (Å²) in [6.45, 7) is 6.98. The Hall–Kier alpha value is -2.47. The molecule has 2 rings (SSSR count). The highest BCUT2D eigenvalue weighted by atomic mass is 35.5. The highest BCUT2D eigenvalue weighted by Crippen LogP contribution is 2.41. The maximum atomic E-state index is 12.1. The number of urea groups is 1. The fourth-order valence-corrected chi connectivity index (χ4v) is 2.86. The fourth-order valence-electron chi connectivity index (χ4n) is 2.65. The zero-order valence-electron chi connectivity index (χ0n) is 13.7. The molecule has 0 unspecified atom stereocenters. The van der Waals surface area contributed by atoms with Crippen LogP contribution in [0.4, 0.5) is 4.79 Å². The molecule has 2 amide bonds. The van der Waals surface area contributed by atoms with Gasteiger partial charge in [-0.1, -0.05) is 24.3 Å². The Labute approximate surface area is 145 Å². The van der Waals surface area contributed by atoms with Gasteiger partial charge in [-0.25, -0.2) is 4.79 Å². The van der Waals surface area contributed by atoms with Crippen molar-refractivity contribution in [1.29, 1.82) is 0 Å². The van der Waals surface area contributed by atoms with E-state index in [0.29, 0.717) is 33.4 Å². The molecule has 1 aliphatic rings. The second kappa shape index (κ2) is 7.40. The first kappa shape index (κ1) is 17.9. The number of hydrogen-bond acceptors (Lipinski definition) is 4. The quantitative estimate of drug-likeness (QED) is 0.773. The van der Waals surface area contributed by atoms with Crippen molar-refractivity contribution in [2.24, 2.45) is 0 Å². The largest absolute Gasteiger partial charge is 0.493 e. The zero-order valence-corrected chi connectivity index (χ0v) is 14.5. The number of hydrogen-bond donors (Lipinski definition) is 2. The Morgan fingerprint density at radius 1 is 1.46 bits per heavy atom. The summed E-state index contributed by atoms with van der Waals surface area (Å²) in [7, 11) is 1.49. The van der Waals surface area contributed by atoms with Crippen molar-refractivity contribution in [3.63, 3.8) is 0 Å². The molecule has 7 heteroatoms. The fraction of sp³-hybridized carbons (Fsp3) is 0.294. The first-order valence-electron chi connectivity index (χ1n) is 7.29. The molecule has 128 valence electrons. The Morgan fingerprint density at radius 3 is 2.75 bits per heavy atom. The van der Waals surface area contributed by atoms with Crippen molar-refractivity contribution in [2.75, 3.05) is 13.7 Å². The van der Waals surface area contributed by atoms with Crippen LogP contribution in [0.3, 0.4) is 0 Å². The maximum absolute atomic E-state index is 12.1. The highest BCUT2D eigenvalue weighted by Gasteiger charge is 2.32. The van der Waals surface area contributed by atoms with E-state index in [1.807, 2.05) is 0 Å². The lowest BCUT2D eigenvalue weighted by Gasteiger charge is -2.29. The number of ketones is 1. The van der Waals surface area contributed by atoms with Crippen LogP contribution in [-0.2, 0) is 4.79 Å². The molecule has 0 bridgehead atoms. The molecule has 0 spiro atoms. The van der Waals surface area contributed by atoms with Gasteiger partial charge in [0, 0.05) is 27.9 Å². The van der Waals surface area contributed by atoms with Gasteiger partial charge in [0.2, 0.25) is 0 Å². The molecule has 24 heavy (non-hydrogen) atoms. The molecule has 6 nitrogen and oxygen atoms in total. The average Bonchev–Trinajstić information content (AvgIpc) is 2.51. The maximum Gasteiger partial charge on any atom is 0.319 e. The Balaban J connectivity index is 2.66. The van der Waals surface area contributed by atoms with Gasteiger partial charge in [-0.15, -0.1) is 0 Å². The average molecular weight is 351 g/mol. The van der Waals surface area contributed by atoms with E-state index < -0.39 is 12.1 Å². The van der Waals surface area contributed by atoms with Crippen molar-refractivity contribution in [3.05, 3.63) is 46.6 Å². The lowest BCUT2D eigenvalue weighted by molar-refractivity contribution is -0.114. The van der Waals surface area contributed by atoms with Crippen LogP contribution in [0.2, 0.25) is 5.02 Å². The van der Waals surface area contributed by atoms with Crippen LogP contribution in [0.5, 0.6) is 11.5 Å². The number of rotatable bonds is 6. The van der Waals surface area contributed by atoms with Crippen LogP contribution in [0, 0.1) is 0 Å². The molecular weight excluding hydrogens is 332 g/mol. The van der Waals surface area contributed by atoms with E-state index in [0.717, 1.165) is 0 Å². The summed E-state index contributed by atoms with van der Waals surface area (Å²) in [5, 5.41) is 5.75. The van der Waals surface area contributed by atoms with E-state index in [1.165, 1.54) is 14.0 Å². The van der Waals surface area contributed by atoms with Crippen LogP contribution in [0.1, 0.15) is 25.5 Å². The second-order valence-electron chi connectivity index (χ2n) is 5.25. The van der Waals surface area contributed by atoms with Crippen LogP contribution < -0.4 is 20.1 Å². The minimum absolute atomic E-state index is 0.168. The molecule has 0 aliphatic carbocycles. The van der Waals surface area contributed by atoms with Gasteiger partial charge in [0.1, 0.15) is 6.61 Å². The van der Waals surface area contributed by atoms with Crippen molar-refractivity contribution in [2.45, 2.75) is 19.9 Å². The number of carbonyl (C=O) groups is 2. The van der Waals surface area contributed by atoms with E-state index >= 15 is 0 Å². The van der Waals surface area contributed by atoms with E-state index in [4.69, 9.17) is 21.1 Å². The van der Waals surface area contributed by atoms with Crippen LogP contribution in [0.25, 0.3) is 0 Å². The van der Waals surface area contributed by atoms with Gasteiger partial charge >= 0.3 is 6.03 Å². The Bertz CT molecular complexity index is 728. The SMILES string of the molecule is C=CCOc1c(OC)cc(Cl)cc1[C@H]1NC(=O)NC(C)=C1C(C)=O. The molecule has 2 N–H and O–H groups in total. The first-order chi connectivity index (χ1) is 11.4. The van der Waals surface area contributed by atoms with Gasteiger partial charge in [-0.3, -0.25) is 4.79 Å². The number of Topliss-reactive ketones (excluding diaryl/α,β-unsaturated/α-hetero) is 1. The summed E-state index contributed by atoms with van der Waals surface area (Å²) in [5.74, 6) is 0.645. The summed E-state index contributed by atoms with van der Waals surface area (Å²) >= 11 is 6.17. The molecular formula is C17H19ClN2O4. The lowest BCUT2D eigenvalue weighted by Crippen LogP contribution is -2.44. The predicted molar refractivity (Wildman–Crippen MR) is 91.5 cm³/mol. The lowest BCUT2D eigenvalue weighted by atomic mass is 9.92. The number of allylic oxidation sites excluding steroid dienone is 1. The standard InChI is InChI=1S/C17H19ClN2O4/c1-5-6-24-16-12(7-11(18)8-13(16)23-4)15-14(10(3)21)9(2)19-17(22)20-15/h5,7-8,15H,1,6H2,2-4H3,(H2,19,20,22)/t15-/m1/s1. The molecule has 1 aromatic carbocycles. The zero-order chi connectivity index (χ0) is 17.9. The van der Waals surface area contributed by atoms with Gasteiger partial charge in [0.05, 0.1) is 13.2 Å². The molecule has 0 aromatic heterocycles. The first-order valence-corrected chi connectivity index (χ1v) is 7.67. The highest BCUT2D eigenvalue weighted by molar-refractivity contribution is 6.30. The third-order valence-corrected chi connectivity index (χ3v) is 3.79. The second-order valence-corrected chi connectivity index (χ2v) is 5.69. The number of benzene rings is 1. The number of halogens is 1. The summed E-state index contributed by atoms with van der Waals surface area (Å²) in [6, 6.07) is 2.16. The van der Waals surface area contributed by atoms with Gasteiger partial charge in [-0.2, -0.15) is 0 Å². The third kappa shape index (κ3) is 3.54. The van der Waals surface area contributed by atoms with Crippen LogP contribution in [0.15, 0.2) is 36.1 Å². The Kier molecular flexibility index (Phi) is 5.51. The van der Waals surface area contributed by atoms with Gasteiger partial charge < -0.3 is 20.1 Å². The monoisotopic (exact) mass is 350 g/mol. The molecule has 0 radical (unpaired) electrons. The summed E-state index contributed by atoms with van der Waals surface area (Å²) < 4.78 is 11.0. The van der Waals surface area contributed by atoms with E-state index in [2.05, 4.69) is 17.2 Å². The molecule has 1 aromatic rings. The van der Waals surface area contributed by atoms with E-state index in [9.17, 15) is 9.59 Å². The molecule has 0 saturated heterocycles. The molecule has 1 aliphatic heterocycles. The van der Waals surface area contributed by atoms with Crippen LogP contribution in [-0.4, -0.2) is 25.5 Å². The van der Waals surface area contributed by atoms with Crippen LogP contribution >= 0.6 is 11.6 Å². The predicted octanol–water partition coefficient (Wildman–Crippen LogP) is 3.13. The van der Waals surface area contributed by atoms with E-state index in [1.54, 1.807) is 25.1 Å². The minimum Gasteiger partial charge on any atom is -0.493 e. The number of methoxy groups -OCH3 is 1. The Morgan fingerprint density at radius 2 is 2.17 bits per heavy atom. The number of amides is 2. The van der Waals surface area contributed by atoms with Gasteiger partial charge in [0.15, 0.2) is 17.3 Å². The van der Waals surface area contributed by atoms with Crippen molar-refractivity contribution < 1.29 is 19.1 Å². The van der Waals surface area contributed by atoms with E-state index in [-0.39, 0.29) is 12.4 Å². The number of nitrogens with one attached hydrogen (secondary N) is 2. The smallest absolute Gasteiger partial charge is 0.319 e. The summed E-state index contributed by atoms with van der Waals surface area (Å²) in [4.78, 5) is 24.0. The molecule has 1 heterocycles. The molecule has 0 saturated carbocycles. The molecule has 1 atom stereocenters. The molecule has 0 fully saturated rings. The summed E-state index contributed by atoms with van der Waals surface area (Å²) in [6.07, 6.45) is 1.59. The van der Waals surface area contributed by atoms with Gasteiger partial charge in [0.25, 0.3) is 0 Å². The van der Waals surface area contributed by atoms with Crippen molar-refractivity contribution in [1.82, 2.24) is 10.6 Å². The summed E-state index contributed by atoms with van der Waals surface area (Å²) in [5.41, 5.74) is 1.47. The number of carbonyl (C=O) groups excluding carboxylic acids is 2. The number of ether oxygens (including phenoxy) is 2. The topological polar surface area (TPSA) is 76.7 Å². The van der Waals surface area contributed by atoms with Crippen molar-refractivity contribution >= 4 is 23.4 Å². The minimum atomic E-state index is -0.691. The normalized spacial score (nSPS) is 17.0.